The third kappa shape index (κ3) is 4.43. The van der Waals surface area contributed by atoms with Gasteiger partial charge in [0.2, 0.25) is 0 Å². The SMILES string of the molecule is CCO[C@H]1Cc2ccccc2[C@H]1Nc1nc(CC)c(-c2ccc(Cl)cc2Cl)nc1CC. The Balaban J connectivity index is 1.75. The summed E-state index contributed by atoms with van der Waals surface area (Å²) in [7, 11) is 0. The van der Waals surface area contributed by atoms with Crippen molar-refractivity contribution >= 4 is 29.0 Å². The number of hydrogen-bond acceptors (Lipinski definition) is 4. The molecule has 0 saturated carbocycles. The molecule has 0 amide bonds. The zero-order chi connectivity index (χ0) is 22.0. The Morgan fingerprint density at radius 2 is 1.77 bits per heavy atom. The molecule has 0 radical (unpaired) electrons. The molecule has 0 fully saturated rings. The van der Waals surface area contributed by atoms with Crippen LogP contribution in [0.4, 0.5) is 5.82 Å². The lowest BCUT2D eigenvalue weighted by atomic mass is 10.1. The van der Waals surface area contributed by atoms with E-state index in [0.29, 0.717) is 16.7 Å². The molecule has 31 heavy (non-hydrogen) atoms. The van der Waals surface area contributed by atoms with Gasteiger partial charge in [0.25, 0.3) is 0 Å². The minimum Gasteiger partial charge on any atom is -0.376 e. The van der Waals surface area contributed by atoms with Crippen LogP contribution in [0, 0.1) is 0 Å². The molecule has 1 aliphatic carbocycles. The zero-order valence-electron chi connectivity index (χ0n) is 18.1. The summed E-state index contributed by atoms with van der Waals surface area (Å²) in [5.74, 6) is 0.819. The van der Waals surface area contributed by atoms with Gasteiger partial charge in [-0.05, 0) is 49.1 Å². The minimum absolute atomic E-state index is 0.0467. The standard InChI is InChI=1S/C25H27Cl2N3O/c1-4-20-23(18-12-11-16(26)14-19(18)27)28-21(5-2)25(29-20)30-24-17-10-8-7-9-15(17)13-22(24)31-6-3/h7-12,14,22,24H,4-6,13H2,1-3H3,(H,29,30)/t22-,24+/m0/s1. The van der Waals surface area contributed by atoms with Gasteiger partial charge in [-0.3, -0.25) is 0 Å². The van der Waals surface area contributed by atoms with Crippen LogP contribution >= 0.6 is 23.2 Å². The first-order valence-corrected chi connectivity index (χ1v) is 11.6. The lowest BCUT2D eigenvalue weighted by molar-refractivity contribution is 0.0573. The smallest absolute Gasteiger partial charge is 0.148 e. The average Bonchev–Trinajstić information content (AvgIpc) is 3.11. The second-order valence-electron chi connectivity index (χ2n) is 7.66. The van der Waals surface area contributed by atoms with Crippen molar-refractivity contribution in [1.82, 2.24) is 9.97 Å². The molecular weight excluding hydrogens is 429 g/mol. The van der Waals surface area contributed by atoms with Crippen molar-refractivity contribution in [3.8, 4) is 11.3 Å². The van der Waals surface area contributed by atoms with Gasteiger partial charge < -0.3 is 10.1 Å². The molecule has 2 aromatic carbocycles. The highest BCUT2D eigenvalue weighted by Crippen LogP contribution is 2.37. The lowest BCUT2D eigenvalue weighted by Crippen LogP contribution is -2.26. The fraction of sp³-hybridized carbons (Fsp3) is 0.360. The largest absolute Gasteiger partial charge is 0.376 e. The number of nitrogens with zero attached hydrogens (tertiary/aromatic N) is 2. The molecule has 0 saturated heterocycles. The van der Waals surface area contributed by atoms with Gasteiger partial charge in [-0.15, -0.1) is 0 Å². The Bertz CT molecular complexity index is 1090. The molecule has 1 aromatic heterocycles. The number of halogens is 2. The number of hydrogen-bond donors (Lipinski definition) is 1. The maximum atomic E-state index is 6.49. The summed E-state index contributed by atoms with van der Waals surface area (Å²) in [5, 5.41) is 4.87. The highest BCUT2D eigenvalue weighted by Gasteiger charge is 2.33. The van der Waals surface area contributed by atoms with Crippen molar-refractivity contribution in [1.29, 1.82) is 0 Å². The zero-order valence-corrected chi connectivity index (χ0v) is 19.6. The van der Waals surface area contributed by atoms with Gasteiger partial charge in [0, 0.05) is 23.6 Å². The summed E-state index contributed by atoms with van der Waals surface area (Å²) in [4.78, 5) is 10.0. The van der Waals surface area contributed by atoms with Crippen LogP contribution in [0.5, 0.6) is 0 Å². The molecule has 6 heteroatoms. The molecule has 1 N–H and O–H groups in total. The van der Waals surface area contributed by atoms with Crippen LogP contribution in [0.15, 0.2) is 42.5 Å². The second-order valence-corrected chi connectivity index (χ2v) is 8.51. The van der Waals surface area contributed by atoms with Crippen molar-refractivity contribution in [2.45, 2.75) is 52.2 Å². The van der Waals surface area contributed by atoms with E-state index >= 15 is 0 Å². The van der Waals surface area contributed by atoms with Crippen LogP contribution in [0.25, 0.3) is 11.3 Å². The van der Waals surface area contributed by atoms with Crippen molar-refractivity contribution in [3.63, 3.8) is 0 Å². The Kier molecular flexibility index (Phi) is 6.80. The predicted molar refractivity (Wildman–Crippen MR) is 128 cm³/mol. The maximum Gasteiger partial charge on any atom is 0.148 e. The van der Waals surface area contributed by atoms with Crippen LogP contribution in [0.2, 0.25) is 10.0 Å². The van der Waals surface area contributed by atoms with Gasteiger partial charge in [0.05, 0.1) is 34.3 Å². The number of anilines is 1. The van der Waals surface area contributed by atoms with Crippen molar-refractivity contribution in [2.75, 3.05) is 11.9 Å². The van der Waals surface area contributed by atoms with E-state index in [0.717, 1.165) is 47.7 Å². The van der Waals surface area contributed by atoms with Crippen molar-refractivity contribution < 1.29 is 4.74 Å². The van der Waals surface area contributed by atoms with Crippen LogP contribution < -0.4 is 5.32 Å². The number of aryl methyl sites for hydroxylation is 2. The van der Waals surface area contributed by atoms with E-state index in [1.54, 1.807) is 6.07 Å². The van der Waals surface area contributed by atoms with Gasteiger partial charge in [0.15, 0.2) is 0 Å². The quantitative estimate of drug-likeness (QED) is 0.430. The van der Waals surface area contributed by atoms with E-state index in [-0.39, 0.29) is 12.1 Å². The van der Waals surface area contributed by atoms with Crippen LogP contribution in [0.3, 0.4) is 0 Å². The molecule has 1 aliphatic rings. The van der Waals surface area contributed by atoms with E-state index in [1.807, 2.05) is 19.1 Å². The minimum atomic E-state index is 0.0467. The van der Waals surface area contributed by atoms with E-state index < -0.39 is 0 Å². The van der Waals surface area contributed by atoms with Crippen molar-refractivity contribution in [3.05, 3.63) is 75.0 Å². The number of ether oxygens (including phenoxy) is 1. The fourth-order valence-electron chi connectivity index (χ4n) is 4.26. The summed E-state index contributed by atoms with van der Waals surface area (Å²) < 4.78 is 6.08. The number of benzene rings is 2. The molecule has 0 unspecified atom stereocenters. The van der Waals surface area contributed by atoms with Gasteiger partial charge in [-0.2, -0.15) is 0 Å². The summed E-state index contributed by atoms with van der Waals surface area (Å²) in [6.45, 7) is 6.89. The number of aromatic nitrogens is 2. The summed E-state index contributed by atoms with van der Waals surface area (Å²) in [6.07, 6.45) is 2.47. The van der Waals surface area contributed by atoms with E-state index in [2.05, 4.69) is 43.4 Å². The first-order chi connectivity index (χ1) is 15.0. The summed E-state index contributed by atoms with van der Waals surface area (Å²) in [6, 6.07) is 14.1. The molecule has 4 nitrogen and oxygen atoms in total. The molecular formula is C25H27Cl2N3O. The van der Waals surface area contributed by atoms with Gasteiger partial charge >= 0.3 is 0 Å². The first kappa shape index (κ1) is 22.1. The normalized spacial score (nSPS) is 17.6. The average molecular weight is 456 g/mol. The van der Waals surface area contributed by atoms with E-state index in [9.17, 15) is 0 Å². The maximum absolute atomic E-state index is 6.49. The molecule has 0 bridgehead atoms. The Morgan fingerprint density at radius 1 is 1.00 bits per heavy atom. The third-order valence-electron chi connectivity index (χ3n) is 5.75. The summed E-state index contributed by atoms with van der Waals surface area (Å²) in [5.41, 5.74) is 6.09. The lowest BCUT2D eigenvalue weighted by Gasteiger charge is -2.24. The van der Waals surface area contributed by atoms with Gasteiger partial charge in [-0.1, -0.05) is 61.3 Å². The van der Waals surface area contributed by atoms with Gasteiger partial charge in [0.1, 0.15) is 5.82 Å². The first-order valence-electron chi connectivity index (χ1n) is 10.9. The van der Waals surface area contributed by atoms with E-state index in [4.69, 9.17) is 37.9 Å². The van der Waals surface area contributed by atoms with Crippen LogP contribution in [-0.2, 0) is 24.0 Å². The fourth-order valence-corrected chi connectivity index (χ4v) is 4.75. The second kappa shape index (κ2) is 9.56. The molecule has 4 rings (SSSR count). The van der Waals surface area contributed by atoms with Gasteiger partial charge in [-0.25, -0.2) is 9.97 Å². The van der Waals surface area contributed by atoms with Crippen LogP contribution in [-0.4, -0.2) is 22.7 Å². The number of nitrogens with one attached hydrogen (secondary N) is 1. The molecule has 0 spiro atoms. The molecule has 162 valence electrons. The Hall–Kier alpha value is -2.14. The Labute approximate surface area is 194 Å². The van der Waals surface area contributed by atoms with E-state index in [1.165, 1.54) is 11.1 Å². The predicted octanol–water partition coefficient (Wildman–Crippen LogP) is 6.69. The number of rotatable bonds is 7. The molecule has 2 atom stereocenters. The highest BCUT2D eigenvalue weighted by atomic mass is 35.5. The molecule has 1 heterocycles. The van der Waals surface area contributed by atoms with Crippen molar-refractivity contribution in [2.24, 2.45) is 0 Å². The van der Waals surface area contributed by atoms with Crippen LogP contribution in [0.1, 0.15) is 49.3 Å². The monoisotopic (exact) mass is 455 g/mol. The topological polar surface area (TPSA) is 47.0 Å². The molecule has 0 aliphatic heterocycles. The Morgan fingerprint density at radius 3 is 2.48 bits per heavy atom. The summed E-state index contributed by atoms with van der Waals surface area (Å²) >= 11 is 12.6. The molecule has 3 aromatic rings. The number of fused-ring (bicyclic) bond motifs is 1. The third-order valence-corrected chi connectivity index (χ3v) is 6.30. The highest BCUT2D eigenvalue weighted by molar-refractivity contribution is 6.36.